The minimum absolute atomic E-state index is 0.113. The fourth-order valence-corrected chi connectivity index (χ4v) is 1.34. The highest BCUT2D eigenvalue weighted by Gasteiger charge is 2.20. The quantitative estimate of drug-likeness (QED) is 0.329. The van der Waals surface area contributed by atoms with Crippen LogP contribution in [-0.4, -0.2) is 27.4 Å². The van der Waals surface area contributed by atoms with Crippen molar-refractivity contribution in [2.75, 3.05) is 11.6 Å². The van der Waals surface area contributed by atoms with E-state index in [9.17, 15) is 14.9 Å². The third-order valence-electron chi connectivity index (χ3n) is 1.89. The van der Waals surface area contributed by atoms with Crippen LogP contribution in [0.5, 0.6) is 0 Å². The van der Waals surface area contributed by atoms with Crippen molar-refractivity contribution in [1.82, 2.24) is 0 Å². The van der Waals surface area contributed by atoms with Crippen LogP contribution in [0.1, 0.15) is 10.4 Å². The summed E-state index contributed by atoms with van der Waals surface area (Å²) in [5, 5.41) is 29.5. The van der Waals surface area contributed by atoms with Gasteiger partial charge in [-0.3, -0.25) is 15.5 Å². The topological polar surface area (TPSA) is 116 Å². The highest BCUT2D eigenvalue weighted by atomic mass is 32.2. The van der Waals surface area contributed by atoms with Crippen molar-refractivity contribution in [3.63, 3.8) is 0 Å². The Morgan fingerprint density at radius 3 is 2.71 bits per heavy atom. The number of nitro benzene ring substituents is 1. The van der Waals surface area contributed by atoms with Crippen LogP contribution in [0.2, 0.25) is 0 Å². The number of rotatable bonds is 3. The van der Waals surface area contributed by atoms with Gasteiger partial charge in [-0.1, -0.05) is 11.8 Å². The fraction of sp³-hybridized carbons (Fsp3) is 0.111. The van der Waals surface area contributed by atoms with Gasteiger partial charge in [0, 0.05) is 11.8 Å². The molecule has 7 nitrogen and oxygen atoms in total. The number of carboxylic acids is 1. The Labute approximate surface area is 100 Å². The summed E-state index contributed by atoms with van der Waals surface area (Å²) in [5.41, 5.74) is -0.575. The average Bonchev–Trinajstić information content (AvgIpc) is 2.28. The molecule has 0 atom stereocenters. The molecule has 0 radical (unpaired) electrons. The van der Waals surface area contributed by atoms with Crippen LogP contribution in [0, 0.1) is 15.5 Å². The summed E-state index contributed by atoms with van der Waals surface area (Å²) in [6, 6.07) is 3.60. The first-order valence-electron chi connectivity index (χ1n) is 4.37. The molecule has 0 aromatic heterocycles. The zero-order valence-electron chi connectivity index (χ0n) is 8.76. The third kappa shape index (κ3) is 3.18. The summed E-state index contributed by atoms with van der Waals surface area (Å²) in [6.07, 6.45) is 1.68. The minimum atomic E-state index is -1.36. The normalized spacial score (nSPS) is 9.71. The maximum absolute atomic E-state index is 10.7. The molecule has 0 aliphatic carbocycles. The number of nitrogens with one attached hydrogen (secondary N) is 2. The van der Waals surface area contributed by atoms with Gasteiger partial charge < -0.3 is 10.4 Å². The summed E-state index contributed by atoms with van der Waals surface area (Å²) in [5.74, 6) is -1.36. The molecule has 0 saturated heterocycles. The molecule has 0 aliphatic rings. The van der Waals surface area contributed by atoms with Crippen molar-refractivity contribution in [1.29, 1.82) is 5.41 Å². The molecule has 1 aromatic rings. The molecule has 90 valence electrons. The third-order valence-corrected chi connectivity index (χ3v) is 2.40. The van der Waals surface area contributed by atoms with Crippen LogP contribution in [-0.2, 0) is 0 Å². The molecular formula is C9H9N3O4S. The minimum Gasteiger partial charge on any atom is -0.477 e. The standard InChI is InChI=1S/C9H9N3O4S/c1-17-9(10)11-5-2-3-6(8(13)14)7(4-5)12(15)16/h2-4H,1H3,(H2,10,11)(H,13,14). The molecule has 0 heterocycles. The zero-order chi connectivity index (χ0) is 13.0. The van der Waals surface area contributed by atoms with Crippen LogP contribution < -0.4 is 5.32 Å². The lowest BCUT2D eigenvalue weighted by Crippen LogP contribution is -2.07. The Morgan fingerprint density at radius 1 is 1.59 bits per heavy atom. The second-order valence-electron chi connectivity index (χ2n) is 2.95. The Bertz CT molecular complexity index is 489. The van der Waals surface area contributed by atoms with Gasteiger partial charge in [0.05, 0.1) is 4.92 Å². The molecule has 0 spiro atoms. The predicted octanol–water partition coefficient (Wildman–Crippen LogP) is 2.00. The Morgan fingerprint density at radius 2 is 2.24 bits per heavy atom. The van der Waals surface area contributed by atoms with Crippen molar-refractivity contribution in [2.24, 2.45) is 0 Å². The number of thioether (sulfide) groups is 1. The SMILES string of the molecule is CSC(=N)Nc1ccc(C(=O)O)c([N+](=O)[O-])c1. The molecule has 0 fully saturated rings. The highest BCUT2D eigenvalue weighted by Crippen LogP contribution is 2.23. The smallest absolute Gasteiger partial charge is 0.342 e. The molecule has 0 bridgehead atoms. The number of nitrogens with zero attached hydrogens (tertiary/aromatic N) is 1. The number of amidine groups is 1. The van der Waals surface area contributed by atoms with Crippen LogP contribution in [0.25, 0.3) is 0 Å². The van der Waals surface area contributed by atoms with E-state index in [4.69, 9.17) is 10.5 Å². The van der Waals surface area contributed by atoms with E-state index in [1.54, 1.807) is 6.26 Å². The first kappa shape index (κ1) is 13.0. The summed E-state index contributed by atoms with van der Waals surface area (Å²) < 4.78 is 0. The Balaban J connectivity index is 3.14. The number of carbonyl (C=O) groups is 1. The van der Waals surface area contributed by atoms with Crippen LogP contribution in [0.15, 0.2) is 18.2 Å². The average molecular weight is 255 g/mol. The van der Waals surface area contributed by atoms with Gasteiger partial charge in [-0.2, -0.15) is 0 Å². The molecule has 0 amide bonds. The summed E-state index contributed by atoms with van der Waals surface area (Å²) in [6.45, 7) is 0. The monoisotopic (exact) mass is 255 g/mol. The molecule has 1 rings (SSSR count). The van der Waals surface area contributed by atoms with E-state index in [0.29, 0.717) is 5.69 Å². The van der Waals surface area contributed by atoms with Crippen molar-refractivity contribution < 1.29 is 14.8 Å². The number of anilines is 1. The molecular weight excluding hydrogens is 246 g/mol. The molecule has 17 heavy (non-hydrogen) atoms. The molecule has 3 N–H and O–H groups in total. The van der Waals surface area contributed by atoms with Gasteiger partial charge >= 0.3 is 5.97 Å². The lowest BCUT2D eigenvalue weighted by molar-refractivity contribution is -0.385. The summed E-state index contributed by atoms with van der Waals surface area (Å²) >= 11 is 1.13. The molecule has 0 aliphatic heterocycles. The van der Waals surface area contributed by atoms with Crippen molar-refractivity contribution >= 4 is 34.3 Å². The fourth-order valence-electron chi connectivity index (χ4n) is 1.12. The number of hydrogen-bond donors (Lipinski definition) is 3. The number of nitro groups is 1. The van der Waals surface area contributed by atoms with E-state index in [-0.39, 0.29) is 10.7 Å². The van der Waals surface area contributed by atoms with Gasteiger partial charge in [0.25, 0.3) is 5.69 Å². The second-order valence-corrected chi connectivity index (χ2v) is 3.77. The van der Waals surface area contributed by atoms with Crippen molar-refractivity contribution in [2.45, 2.75) is 0 Å². The van der Waals surface area contributed by atoms with E-state index in [0.717, 1.165) is 23.9 Å². The van der Waals surface area contributed by atoms with Crippen molar-refractivity contribution in [3.8, 4) is 0 Å². The molecule has 0 saturated carbocycles. The molecule has 0 unspecified atom stereocenters. The largest absolute Gasteiger partial charge is 0.477 e. The van der Waals surface area contributed by atoms with E-state index in [2.05, 4.69) is 5.32 Å². The van der Waals surface area contributed by atoms with E-state index >= 15 is 0 Å². The van der Waals surface area contributed by atoms with Gasteiger partial charge in [0.2, 0.25) is 0 Å². The van der Waals surface area contributed by atoms with Crippen LogP contribution >= 0.6 is 11.8 Å². The van der Waals surface area contributed by atoms with Crippen molar-refractivity contribution in [3.05, 3.63) is 33.9 Å². The lowest BCUT2D eigenvalue weighted by Gasteiger charge is -2.06. The molecule has 8 heteroatoms. The maximum atomic E-state index is 10.7. The number of benzene rings is 1. The van der Waals surface area contributed by atoms with E-state index in [1.807, 2.05) is 0 Å². The Hall–Kier alpha value is -2.09. The Kier molecular flexibility index (Phi) is 4.05. The first-order valence-corrected chi connectivity index (χ1v) is 5.59. The van der Waals surface area contributed by atoms with E-state index < -0.39 is 16.6 Å². The molecule has 1 aromatic carbocycles. The van der Waals surface area contributed by atoms with Gasteiger partial charge in [-0.25, -0.2) is 4.79 Å². The van der Waals surface area contributed by atoms with Gasteiger partial charge in [-0.15, -0.1) is 0 Å². The zero-order valence-corrected chi connectivity index (χ0v) is 9.58. The lowest BCUT2D eigenvalue weighted by atomic mass is 10.1. The predicted molar refractivity (Wildman–Crippen MR) is 64.9 cm³/mol. The van der Waals surface area contributed by atoms with Gasteiger partial charge in [0.1, 0.15) is 5.56 Å². The maximum Gasteiger partial charge on any atom is 0.342 e. The van der Waals surface area contributed by atoms with Crippen LogP contribution in [0.3, 0.4) is 0 Å². The van der Waals surface area contributed by atoms with Crippen LogP contribution in [0.4, 0.5) is 11.4 Å². The summed E-state index contributed by atoms with van der Waals surface area (Å²) in [4.78, 5) is 20.7. The number of hydrogen-bond acceptors (Lipinski definition) is 5. The van der Waals surface area contributed by atoms with Gasteiger partial charge in [0.15, 0.2) is 5.17 Å². The number of aromatic carboxylic acids is 1. The first-order chi connectivity index (χ1) is 7.95. The second kappa shape index (κ2) is 5.30. The number of carboxylic acid groups (broad SMARTS) is 1. The van der Waals surface area contributed by atoms with Gasteiger partial charge in [-0.05, 0) is 18.4 Å². The van der Waals surface area contributed by atoms with E-state index in [1.165, 1.54) is 6.07 Å². The summed E-state index contributed by atoms with van der Waals surface area (Å²) in [7, 11) is 0. The highest BCUT2D eigenvalue weighted by molar-refractivity contribution is 8.13.